The fourth-order valence-corrected chi connectivity index (χ4v) is 7.46. The van der Waals surface area contributed by atoms with Crippen LogP contribution >= 0.6 is 0 Å². The highest BCUT2D eigenvalue weighted by atomic mass is 16.5. The number of rotatable bonds is 2. The molecule has 1 nitrogen and oxygen atoms in total. The maximum Gasteiger partial charge on any atom is 0.143 e. The topological polar surface area (TPSA) is 9.23 Å². The van der Waals surface area contributed by atoms with Crippen LogP contribution in [0.25, 0.3) is 98.0 Å². The molecule has 11 rings (SSSR count). The summed E-state index contributed by atoms with van der Waals surface area (Å²) in [6.45, 7) is 0. The second kappa shape index (κ2) is 9.19. The summed E-state index contributed by atoms with van der Waals surface area (Å²) in [5.74, 6) is 1.64. The van der Waals surface area contributed by atoms with Crippen LogP contribution in [0.15, 0.2) is 158 Å². The van der Waals surface area contributed by atoms with Gasteiger partial charge in [-0.3, -0.25) is 0 Å². The van der Waals surface area contributed by atoms with Crippen LogP contribution in [0.1, 0.15) is 12.3 Å². The van der Waals surface area contributed by atoms with E-state index in [9.17, 15) is 2.74 Å². The van der Waals surface area contributed by atoms with Gasteiger partial charge in [0.15, 0.2) is 0 Å². The molecular formula is C46H26O. The zero-order chi connectivity index (χ0) is 38.5. The molecule has 1 heteroatoms. The lowest BCUT2D eigenvalue weighted by Crippen LogP contribution is -1.98. The first kappa shape index (κ1) is 18.1. The third-order valence-corrected chi connectivity index (χ3v) is 9.64. The van der Waals surface area contributed by atoms with Crippen molar-refractivity contribution in [3.63, 3.8) is 0 Å². The van der Waals surface area contributed by atoms with Crippen molar-refractivity contribution < 1.29 is 17.1 Å². The Kier molecular flexibility index (Phi) is 3.54. The normalized spacial score (nSPS) is 15.1. The van der Waals surface area contributed by atoms with Crippen molar-refractivity contribution in [2.24, 2.45) is 0 Å². The minimum atomic E-state index is -0.490. The van der Waals surface area contributed by atoms with E-state index in [4.69, 9.17) is 14.3 Å². The van der Waals surface area contributed by atoms with E-state index < -0.39 is 24.2 Å². The van der Waals surface area contributed by atoms with E-state index in [2.05, 4.69) is 60.7 Å². The Labute approximate surface area is 283 Å². The molecule has 0 saturated carbocycles. The Morgan fingerprint density at radius 1 is 0.383 bits per heavy atom. The SMILES string of the molecule is [2H]c1c([2H])c2c([2H])c([2H])c3c([2H])c([2H])c(-c4ccc5ccc(-c6ccc7c8c(cccc68)-c6ccc8ccccc8c6O7)cc5c4)c4c([2H])c([2H])c(c1[2H])c2c34. The van der Waals surface area contributed by atoms with Crippen LogP contribution in [-0.4, -0.2) is 0 Å². The molecule has 216 valence electrons. The Hall–Kier alpha value is -6.18. The van der Waals surface area contributed by atoms with Crippen molar-refractivity contribution >= 4 is 64.6 Å². The standard InChI is InChI=1S/C46H26O/c1-2-8-37-28(5-1)17-22-41-39-10-4-9-38-36(23-24-42(45(38)39)47-46(37)41)33-16-12-27-11-15-32(25-34(27)26-33)35-20-18-31-14-13-29-6-3-7-30-19-21-40(35)44(31)43(29)30/h1-26H/i3D,6D,7D,13D,14D,18D,19D,20D,21D. The molecular weight excluding hydrogens is 569 g/mol. The highest BCUT2D eigenvalue weighted by Crippen LogP contribution is 2.51. The Morgan fingerprint density at radius 2 is 1.09 bits per heavy atom. The van der Waals surface area contributed by atoms with Crippen LogP contribution in [0, 0.1) is 0 Å². The van der Waals surface area contributed by atoms with E-state index in [1.807, 2.05) is 42.5 Å². The highest BCUT2D eigenvalue weighted by molar-refractivity contribution is 6.25. The predicted molar refractivity (Wildman–Crippen MR) is 199 cm³/mol. The lowest BCUT2D eigenvalue weighted by atomic mass is 9.88. The van der Waals surface area contributed by atoms with Crippen LogP contribution in [0.4, 0.5) is 0 Å². The van der Waals surface area contributed by atoms with Crippen molar-refractivity contribution in [2.45, 2.75) is 0 Å². The summed E-state index contributed by atoms with van der Waals surface area (Å²) in [4.78, 5) is 0. The second-order valence-electron chi connectivity index (χ2n) is 12.1. The summed E-state index contributed by atoms with van der Waals surface area (Å²) in [5, 5.41) is 6.34. The summed E-state index contributed by atoms with van der Waals surface area (Å²) in [5.41, 5.74) is 4.86. The Morgan fingerprint density at radius 3 is 1.96 bits per heavy atom. The van der Waals surface area contributed by atoms with Gasteiger partial charge in [-0.2, -0.15) is 0 Å². The maximum absolute atomic E-state index is 9.25. The first-order valence-corrected chi connectivity index (χ1v) is 15.5. The zero-order valence-electron chi connectivity index (χ0n) is 33.7. The molecule has 0 bridgehead atoms. The molecule has 0 aromatic heterocycles. The fourth-order valence-electron chi connectivity index (χ4n) is 7.46. The van der Waals surface area contributed by atoms with Gasteiger partial charge >= 0.3 is 0 Å². The van der Waals surface area contributed by atoms with E-state index in [1.165, 1.54) is 0 Å². The molecule has 0 atom stereocenters. The van der Waals surface area contributed by atoms with Crippen molar-refractivity contribution in [3.05, 3.63) is 158 Å². The average molecular weight is 604 g/mol. The van der Waals surface area contributed by atoms with E-state index >= 15 is 0 Å². The van der Waals surface area contributed by atoms with Gasteiger partial charge in [-0.1, -0.05) is 133 Å². The minimum Gasteiger partial charge on any atom is -0.455 e. The number of fused-ring (bicyclic) bond motifs is 5. The van der Waals surface area contributed by atoms with Crippen molar-refractivity contribution in [2.75, 3.05) is 0 Å². The quantitative estimate of drug-likeness (QED) is 0.179. The van der Waals surface area contributed by atoms with E-state index in [1.54, 1.807) is 0 Å². The predicted octanol–water partition coefficient (Wildman–Crippen LogP) is 13.2. The van der Waals surface area contributed by atoms with E-state index in [0.29, 0.717) is 5.56 Å². The van der Waals surface area contributed by atoms with Gasteiger partial charge < -0.3 is 4.74 Å². The summed E-state index contributed by atoms with van der Waals surface area (Å²) in [6, 6.07) is 31.4. The van der Waals surface area contributed by atoms with Crippen molar-refractivity contribution in [1.29, 1.82) is 0 Å². The van der Waals surface area contributed by atoms with Gasteiger partial charge in [-0.25, -0.2) is 0 Å². The lowest BCUT2D eigenvalue weighted by molar-refractivity contribution is 0.493. The van der Waals surface area contributed by atoms with Crippen molar-refractivity contribution in [1.82, 2.24) is 0 Å². The number of hydrogen-bond donors (Lipinski definition) is 0. The van der Waals surface area contributed by atoms with Gasteiger partial charge in [0, 0.05) is 16.3 Å². The number of benzene rings is 10. The molecule has 1 aliphatic rings. The number of hydrogen-bond acceptors (Lipinski definition) is 1. The van der Waals surface area contributed by atoms with Gasteiger partial charge in [0.1, 0.15) is 11.5 Å². The van der Waals surface area contributed by atoms with Crippen LogP contribution in [0.5, 0.6) is 11.5 Å². The number of ether oxygens (including phenoxy) is 1. The summed E-state index contributed by atoms with van der Waals surface area (Å²) < 4.78 is 86.6. The second-order valence-corrected chi connectivity index (χ2v) is 12.1. The minimum absolute atomic E-state index is 0.0352. The van der Waals surface area contributed by atoms with Gasteiger partial charge in [0.25, 0.3) is 0 Å². The zero-order valence-corrected chi connectivity index (χ0v) is 24.7. The molecule has 1 aliphatic heterocycles. The van der Waals surface area contributed by atoms with Crippen LogP contribution in [-0.2, 0) is 0 Å². The molecule has 10 aromatic rings. The summed E-state index contributed by atoms with van der Waals surface area (Å²) in [6.07, 6.45) is 0. The van der Waals surface area contributed by atoms with Gasteiger partial charge in [0.2, 0.25) is 0 Å². The Balaban J connectivity index is 1.14. The highest BCUT2D eigenvalue weighted by Gasteiger charge is 2.23. The first-order valence-electron chi connectivity index (χ1n) is 20.0. The van der Waals surface area contributed by atoms with Crippen LogP contribution in [0.2, 0.25) is 0 Å². The molecule has 0 amide bonds. The third kappa shape index (κ3) is 3.49. The third-order valence-electron chi connectivity index (χ3n) is 9.64. The molecule has 1 heterocycles. The fraction of sp³-hybridized carbons (Fsp3) is 0. The molecule has 10 aromatic carbocycles. The lowest BCUT2D eigenvalue weighted by Gasteiger charge is -2.24. The first-order chi connectivity index (χ1) is 27.0. The monoisotopic (exact) mass is 603 g/mol. The maximum atomic E-state index is 9.25. The van der Waals surface area contributed by atoms with Crippen molar-refractivity contribution in [3.8, 4) is 44.9 Å². The molecule has 0 unspecified atom stereocenters. The van der Waals surface area contributed by atoms with E-state index in [-0.39, 0.29) is 68.1 Å². The van der Waals surface area contributed by atoms with Gasteiger partial charge in [-0.05, 0) is 106 Å². The molecule has 47 heavy (non-hydrogen) atoms. The molecule has 0 fully saturated rings. The summed E-state index contributed by atoms with van der Waals surface area (Å²) in [7, 11) is 0. The van der Waals surface area contributed by atoms with Crippen LogP contribution in [0.3, 0.4) is 0 Å². The molecule has 0 radical (unpaired) electrons. The van der Waals surface area contributed by atoms with E-state index in [0.717, 1.165) is 66.1 Å². The Bertz CT molecular complexity index is 3420. The largest absolute Gasteiger partial charge is 0.455 e. The molecule has 0 spiro atoms. The van der Waals surface area contributed by atoms with Gasteiger partial charge in [0.05, 0.1) is 12.3 Å². The molecule has 0 N–H and O–H groups in total. The molecule has 0 saturated heterocycles. The summed E-state index contributed by atoms with van der Waals surface area (Å²) >= 11 is 0. The smallest absolute Gasteiger partial charge is 0.143 e. The average Bonchev–Trinajstić information content (AvgIpc) is 3.21. The van der Waals surface area contributed by atoms with Crippen LogP contribution < -0.4 is 4.74 Å². The van der Waals surface area contributed by atoms with Gasteiger partial charge in [-0.15, -0.1) is 0 Å². The molecule has 0 aliphatic carbocycles.